The van der Waals surface area contributed by atoms with Gasteiger partial charge < -0.3 is 4.74 Å². The largest absolute Gasteiger partial charge is 0.434 e. The number of hydrogen-bond donors (Lipinski definition) is 2. The van der Waals surface area contributed by atoms with E-state index in [4.69, 9.17) is 37.3 Å². The van der Waals surface area contributed by atoms with Crippen LogP contribution in [-0.4, -0.2) is 25.0 Å². The van der Waals surface area contributed by atoms with E-state index >= 15 is 0 Å². The number of nitriles is 1. The number of benzene rings is 1. The molecule has 10 nitrogen and oxygen atoms in total. The fourth-order valence-corrected chi connectivity index (χ4v) is 3.67. The fourth-order valence-electron chi connectivity index (χ4n) is 3.12. The molecule has 152 valence electrons. The van der Waals surface area contributed by atoms with Crippen LogP contribution >= 0.6 is 23.2 Å². The van der Waals surface area contributed by atoms with Crippen LogP contribution in [0.3, 0.4) is 0 Å². The average molecular weight is 450 g/mol. The number of H-pyrrole nitrogens is 2. The lowest BCUT2D eigenvalue weighted by Crippen LogP contribution is -2.33. The Kier molecular flexibility index (Phi) is 4.06. The molecule has 0 fully saturated rings. The lowest BCUT2D eigenvalue weighted by molar-refractivity contribution is 0.448. The second-order valence-electron chi connectivity index (χ2n) is 6.31. The van der Waals surface area contributed by atoms with Gasteiger partial charge in [-0.05, 0) is 30.9 Å². The van der Waals surface area contributed by atoms with Crippen LogP contribution in [0.5, 0.6) is 11.6 Å². The van der Waals surface area contributed by atoms with Crippen LogP contribution in [-0.2, 0) is 6.42 Å². The number of aromatic nitrogens is 5. The Morgan fingerprint density at radius 2 is 2.03 bits per heavy atom. The Balaban J connectivity index is 1.77. The Morgan fingerprint density at radius 3 is 2.70 bits per heavy atom. The van der Waals surface area contributed by atoms with Crippen LogP contribution in [0.15, 0.2) is 26.5 Å². The fraction of sp³-hybridized carbons (Fsp3) is 0.222. The first-order chi connectivity index (χ1) is 15.5. The summed E-state index contributed by atoms with van der Waals surface area (Å²) in [5.74, 6) is -1.08. The molecule has 0 amide bonds. The summed E-state index contributed by atoms with van der Waals surface area (Å²) in [6, 6.07) is 4.08. The van der Waals surface area contributed by atoms with Crippen LogP contribution in [0.25, 0.3) is 5.69 Å². The van der Waals surface area contributed by atoms with Crippen molar-refractivity contribution >= 4 is 23.2 Å². The highest BCUT2D eigenvalue weighted by molar-refractivity contribution is 6.37. The van der Waals surface area contributed by atoms with Crippen LogP contribution < -0.4 is 21.5 Å². The molecule has 0 bridgehead atoms. The van der Waals surface area contributed by atoms with Crippen molar-refractivity contribution < 1.29 is 8.85 Å². The Morgan fingerprint density at radius 1 is 1.30 bits per heavy atom. The third-order valence-corrected chi connectivity index (χ3v) is 5.04. The predicted molar refractivity (Wildman–Crippen MR) is 107 cm³/mol. The molecular formula is C18H12Cl2N6O4. The number of ether oxygens (including phenoxy) is 1. The average Bonchev–Trinajstić information content (AvgIpc) is 3.19. The molecule has 3 aromatic rings. The van der Waals surface area contributed by atoms with Gasteiger partial charge in [-0.3, -0.25) is 14.6 Å². The van der Waals surface area contributed by atoms with Crippen molar-refractivity contribution in [3.8, 4) is 23.4 Å². The zero-order valence-electron chi connectivity index (χ0n) is 17.8. The molecule has 4 rings (SSSR count). The van der Waals surface area contributed by atoms with Gasteiger partial charge in [-0.2, -0.15) is 9.94 Å². The van der Waals surface area contributed by atoms with E-state index in [-0.39, 0.29) is 45.8 Å². The number of rotatable bonds is 3. The number of halogens is 2. The molecule has 0 aliphatic heterocycles. The third-order valence-electron chi connectivity index (χ3n) is 4.48. The normalized spacial score (nSPS) is 16.8. The molecule has 1 aromatic carbocycles. The topological polar surface area (TPSA) is 147 Å². The van der Waals surface area contributed by atoms with E-state index in [0.29, 0.717) is 5.56 Å². The van der Waals surface area contributed by atoms with Crippen molar-refractivity contribution in [2.24, 2.45) is 0 Å². The van der Waals surface area contributed by atoms with Gasteiger partial charge in [0.15, 0.2) is 5.75 Å². The second kappa shape index (κ2) is 7.44. The smallest absolute Gasteiger partial charge is 0.349 e. The third kappa shape index (κ3) is 3.28. The molecular weight excluding hydrogens is 435 g/mol. The number of nitrogens with one attached hydrogen (secondary N) is 2. The van der Waals surface area contributed by atoms with Gasteiger partial charge in [-0.1, -0.05) is 30.1 Å². The summed E-state index contributed by atoms with van der Waals surface area (Å²) in [5.41, 5.74) is -2.55. The molecule has 2 N–H and O–H groups in total. The van der Waals surface area contributed by atoms with E-state index in [9.17, 15) is 14.4 Å². The first-order valence-electron chi connectivity index (χ1n) is 9.93. The lowest BCUT2D eigenvalue weighted by atomic mass is 10.1. The molecule has 0 radical (unpaired) electrons. The van der Waals surface area contributed by atoms with Crippen LogP contribution in [0.4, 0.5) is 0 Å². The van der Waals surface area contributed by atoms with Crippen LogP contribution in [0.1, 0.15) is 40.1 Å². The highest BCUT2D eigenvalue weighted by Gasteiger charge is 2.27. The number of fused-ring (bicyclic) bond motifs is 1. The van der Waals surface area contributed by atoms with E-state index in [0.717, 1.165) is 4.68 Å². The van der Waals surface area contributed by atoms with Gasteiger partial charge in [0.05, 0.1) is 15.7 Å². The van der Waals surface area contributed by atoms with E-state index in [2.05, 4.69) is 15.3 Å². The second-order valence-corrected chi connectivity index (χ2v) is 7.13. The molecule has 1 atom stereocenters. The minimum atomic E-state index is -2.37. The van der Waals surface area contributed by atoms with Gasteiger partial charge in [0.25, 0.3) is 11.1 Å². The van der Waals surface area contributed by atoms with E-state index in [1.165, 1.54) is 12.1 Å². The quantitative estimate of drug-likeness (QED) is 0.621. The summed E-state index contributed by atoms with van der Waals surface area (Å²) in [4.78, 5) is 37.9. The lowest BCUT2D eigenvalue weighted by Gasteiger charge is -2.13. The summed E-state index contributed by atoms with van der Waals surface area (Å²) in [7, 11) is 0. The zero-order chi connectivity index (χ0) is 24.1. The maximum Gasteiger partial charge on any atom is 0.349 e. The molecule has 30 heavy (non-hydrogen) atoms. The first kappa shape index (κ1) is 16.4. The summed E-state index contributed by atoms with van der Waals surface area (Å²) < 4.78 is 29.5. The van der Waals surface area contributed by atoms with Gasteiger partial charge in [0, 0.05) is 15.2 Å². The maximum absolute atomic E-state index is 12.3. The van der Waals surface area contributed by atoms with Crippen molar-refractivity contribution in [2.45, 2.75) is 25.6 Å². The summed E-state index contributed by atoms with van der Waals surface area (Å²) >= 11 is 12.6. The van der Waals surface area contributed by atoms with Crippen LogP contribution in [0.2, 0.25) is 10.0 Å². The van der Waals surface area contributed by atoms with Crippen molar-refractivity contribution in [2.75, 3.05) is 0 Å². The Labute approximate surface area is 181 Å². The molecule has 12 heteroatoms. The first-order valence-corrected chi connectivity index (χ1v) is 9.19. The highest BCUT2D eigenvalue weighted by atomic mass is 35.5. The maximum atomic E-state index is 12.3. The number of hydrogen-bond acceptors (Lipinski definition) is 7. The molecule has 1 aliphatic carbocycles. The molecule has 2 heterocycles. The molecule has 0 saturated carbocycles. The molecule has 1 aliphatic rings. The van der Waals surface area contributed by atoms with E-state index in [1.54, 1.807) is 6.07 Å². The minimum Gasteiger partial charge on any atom is -0.434 e. The highest BCUT2D eigenvalue weighted by Crippen LogP contribution is 2.41. The summed E-state index contributed by atoms with van der Waals surface area (Å²) in [6.45, 7) is -2.37. The molecule has 0 saturated heterocycles. The molecule has 0 spiro atoms. The van der Waals surface area contributed by atoms with E-state index < -0.39 is 35.3 Å². The molecule has 2 aromatic heterocycles. The van der Waals surface area contributed by atoms with Crippen molar-refractivity contribution in [3.05, 3.63) is 70.2 Å². The van der Waals surface area contributed by atoms with Crippen molar-refractivity contribution in [3.63, 3.8) is 0 Å². The Hall–Kier alpha value is -3.42. The van der Waals surface area contributed by atoms with Gasteiger partial charge in [0.2, 0.25) is 11.6 Å². The summed E-state index contributed by atoms with van der Waals surface area (Å²) in [5, 5.41) is 18.6. The monoisotopic (exact) mass is 449 g/mol. The number of aromatic amines is 2. The Bertz CT molecular complexity index is 1480. The number of nitrogens with zero attached hydrogens (tertiary/aromatic N) is 4. The standard InChI is InChI=1S/C18H12Cl2N6O4/c1-7-2-3-9-13(7)16(28)23-24-17(9)30-14-10(19)4-8(5-11(14)20)26-18(29)22-15(27)12(6-21)25-26/h4-5,7H,2-3H2,1H3,(H,23,28)(H,22,27,29)/t7-/m1/s1/i1D3. The zero-order valence-corrected chi connectivity index (χ0v) is 16.3. The van der Waals surface area contributed by atoms with Gasteiger partial charge in [-0.25, -0.2) is 9.89 Å². The van der Waals surface area contributed by atoms with E-state index in [1.807, 2.05) is 4.98 Å². The summed E-state index contributed by atoms with van der Waals surface area (Å²) in [6.07, 6.45) is 0.477. The minimum absolute atomic E-state index is 0.0391. The van der Waals surface area contributed by atoms with Crippen LogP contribution in [0, 0.1) is 11.3 Å². The SMILES string of the molecule is [2H]C([2H])([2H])[C@@H]1CCc2c(Oc3c(Cl)cc(-n4nc(C#N)c(=O)[nH]c4=O)cc3Cl)n[nH]c(=O)c21. The van der Waals surface area contributed by atoms with Crippen molar-refractivity contribution in [1.82, 2.24) is 25.0 Å². The molecule has 0 unspecified atom stereocenters. The van der Waals surface area contributed by atoms with Gasteiger partial charge in [0.1, 0.15) is 6.07 Å². The van der Waals surface area contributed by atoms with Gasteiger partial charge >= 0.3 is 5.69 Å². The van der Waals surface area contributed by atoms with Crippen molar-refractivity contribution in [1.29, 1.82) is 5.26 Å². The van der Waals surface area contributed by atoms with Gasteiger partial charge in [-0.15, -0.1) is 10.2 Å². The predicted octanol–water partition coefficient (Wildman–Crippen LogP) is 2.02.